The zero-order valence-corrected chi connectivity index (χ0v) is 16.2. The van der Waals surface area contributed by atoms with E-state index < -0.39 is 16.8 Å². The molecule has 8 nitrogen and oxygen atoms in total. The van der Waals surface area contributed by atoms with E-state index in [-0.39, 0.29) is 18.0 Å². The van der Waals surface area contributed by atoms with Crippen molar-refractivity contribution in [1.82, 2.24) is 5.32 Å². The van der Waals surface area contributed by atoms with Crippen molar-refractivity contribution in [2.24, 2.45) is 0 Å². The maximum Gasteiger partial charge on any atom is 0.352 e. The van der Waals surface area contributed by atoms with Crippen LogP contribution < -0.4 is 10.1 Å². The molecule has 8 heteroatoms. The molecular weight excluding hydrogens is 400 g/mol. The first-order chi connectivity index (χ1) is 14.9. The zero-order chi connectivity index (χ0) is 22.2. The van der Waals surface area contributed by atoms with E-state index in [9.17, 15) is 24.8 Å². The highest BCUT2D eigenvalue weighted by atomic mass is 16.6. The van der Waals surface area contributed by atoms with Crippen molar-refractivity contribution in [3.63, 3.8) is 0 Å². The Morgan fingerprint density at radius 1 is 1.00 bits per heavy atom. The number of carboxylic acids is 1. The largest absolute Gasteiger partial charge is 0.489 e. The van der Waals surface area contributed by atoms with Crippen molar-refractivity contribution >= 4 is 23.6 Å². The first-order valence-electron chi connectivity index (χ1n) is 9.20. The number of amides is 1. The van der Waals surface area contributed by atoms with Crippen molar-refractivity contribution in [1.29, 1.82) is 0 Å². The normalized spacial score (nSPS) is 10.9. The number of ether oxygens (including phenoxy) is 1. The van der Waals surface area contributed by atoms with Gasteiger partial charge in [-0.3, -0.25) is 14.9 Å². The number of benzene rings is 3. The van der Waals surface area contributed by atoms with Gasteiger partial charge in [0.1, 0.15) is 18.1 Å². The molecule has 0 aromatic heterocycles. The van der Waals surface area contributed by atoms with Gasteiger partial charge < -0.3 is 15.2 Å². The van der Waals surface area contributed by atoms with Gasteiger partial charge in [-0.15, -0.1) is 0 Å². The summed E-state index contributed by atoms with van der Waals surface area (Å²) in [6.07, 6.45) is 1.34. The van der Waals surface area contributed by atoms with Gasteiger partial charge in [-0.25, -0.2) is 4.79 Å². The molecule has 0 aliphatic carbocycles. The van der Waals surface area contributed by atoms with Crippen LogP contribution in [0, 0.1) is 10.1 Å². The second-order valence-electron chi connectivity index (χ2n) is 6.47. The first-order valence-corrected chi connectivity index (χ1v) is 9.20. The number of nitro groups is 1. The fraction of sp³-hybridized carbons (Fsp3) is 0.0435. The summed E-state index contributed by atoms with van der Waals surface area (Å²) in [4.78, 5) is 34.1. The Hall–Kier alpha value is -4.46. The van der Waals surface area contributed by atoms with E-state index >= 15 is 0 Å². The molecule has 2 N–H and O–H groups in total. The predicted molar refractivity (Wildman–Crippen MR) is 113 cm³/mol. The van der Waals surface area contributed by atoms with Crippen molar-refractivity contribution < 1.29 is 24.4 Å². The fourth-order valence-electron chi connectivity index (χ4n) is 2.69. The molecule has 156 valence electrons. The SMILES string of the molecule is O=C(O)C(=Cc1ccc(OCc2cccc([N+](=O)[O-])c2)cc1)NC(=O)c1ccccc1. The molecular formula is C23H18N2O6. The van der Waals surface area contributed by atoms with Crippen LogP contribution in [0.5, 0.6) is 5.75 Å². The molecule has 0 spiro atoms. The summed E-state index contributed by atoms with van der Waals surface area (Å²) in [6.45, 7) is 0.143. The van der Waals surface area contributed by atoms with Crippen LogP contribution in [0.25, 0.3) is 6.08 Å². The molecule has 3 aromatic rings. The van der Waals surface area contributed by atoms with Crippen LogP contribution in [-0.4, -0.2) is 21.9 Å². The number of aliphatic carboxylic acids is 1. The third-order valence-electron chi connectivity index (χ3n) is 4.23. The van der Waals surface area contributed by atoms with Gasteiger partial charge >= 0.3 is 5.97 Å². The van der Waals surface area contributed by atoms with Crippen LogP contribution >= 0.6 is 0 Å². The summed E-state index contributed by atoms with van der Waals surface area (Å²) in [5.74, 6) is -1.28. The molecule has 0 unspecified atom stereocenters. The van der Waals surface area contributed by atoms with E-state index in [0.717, 1.165) is 0 Å². The minimum Gasteiger partial charge on any atom is -0.489 e. The molecule has 31 heavy (non-hydrogen) atoms. The Morgan fingerprint density at radius 3 is 2.35 bits per heavy atom. The maximum absolute atomic E-state index is 12.2. The number of carboxylic acid groups (broad SMARTS) is 1. The number of hydrogen-bond acceptors (Lipinski definition) is 5. The Labute approximate surface area is 177 Å². The smallest absolute Gasteiger partial charge is 0.352 e. The minimum atomic E-state index is -1.27. The van der Waals surface area contributed by atoms with E-state index in [0.29, 0.717) is 22.4 Å². The highest BCUT2D eigenvalue weighted by molar-refractivity contribution is 6.02. The summed E-state index contributed by atoms with van der Waals surface area (Å²) < 4.78 is 5.63. The molecule has 0 bridgehead atoms. The lowest BCUT2D eigenvalue weighted by Gasteiger charge is -2.08. The number of carbonyl (C=O) groups is 2. The van der Waals surface area contributed by atoms with Crippen LogP contribution in [-0.2, 0) is 11.4 Å². The minimum absolute atomic E-state index is 0.0136. The Morgan fingerprint density at radius 2 is 1.71 bits per heavy atom. The van der Waals surface area contributed by atoms with Crippen LogP contribution in [0.3, 0.4) is 0 Å². The van der Waals surface area contributed by atoms with Crippen molar-refractivity contribution in [3.05, 3.63) is 111 Å². The van der Waals surface area contributed by atoms with Crippen LogP contribution in [0.2, 0.25) is 0 Å². The van der Waals surface area contributed by atoms with E-state index in [1.807, 2.05) is 0 Å². The molecule has 0 saturated carbocycles. The molecule has 0 aliphatic heterocycles. The second kappa shape index (κ2) is 9.84. The molecule has 0 radical (unpaired) electrons. The predicted octanol–water partition coefficient (Wildman–Crippen LogP) is 4.03. The molecule has 0 saturated heterocycles. The van der Waals surface area contributed by atoms with Gasteiger partial charge in [0, 0.05) is 17.7 Å². The third-order valence-corrected chi connectivity index (χ3v) is 4.23. The molecule has 0 heterocycles. The van der Waals surface area contributed by atoms with Crippen LogP contribution in [0.4, 0.5) is 5.69 Å². The second-order valence-corrected chi connectivity index (χ2v) is 6.47. The molecule has 0 aliphatic rings. The number of non-ortho nitro benzene ring substituents is 1. The van der Waals surface area contributed by atoms with Crippen molar-refractivity contribution in [3.8, 4) is 5.75 Å². The number of carbonyl (C=O) groups excluding carboxylic acids is 1. The number of rotatable bonds is 8. The summed E-state index contributed by atoms with van der Waals surface area (Å²) in [5.41, 5.74) is 1.27. The Kier molecular flexibility index (Phi) is 6.74. The molecule has 3 rings (SSSR count). The summed E-state index contributed by atoms with van der Waals surface area (Å²) in [6, 6.07) is 21.0. The quantitative estimate of drug-likeness (QED) is 0.324. The highest BCUT2D eigenvalue weighted by Gasteiger charge is 2.13. The van der Waals surface area contributed by atoms with E-state index in [1.54, 1.807) is 66.7 Å². The number of nitrogens with zero attached hydrogens (tertiary/aromatic N) is 1. The van der Waals surface area contributed by atoms with Crippen LogP contribution in [0.1, 0.15) is 21.5 Å². The average Bonchev–Trinajstić information content (AvgIpc) is 2.78. The Bertz CT molecular complexity index is 1120. The number of nitro benzene ring substituents is 1. The van der Waals surface area contributed by atoms with Gasteiger partial charge in [-0.05, 0) is 41.5 Å². The lowest BCUT2D eigenvalue weighted by Crippen LogP contribution is -2.27. The lowest BCUT2D eigenvalue weighted by atomic mass is 10.1. The average molecular weight is 418 g/mol. The van der Waals surface area contributed by atoms with Crippen LogP contribution in [0.15, 0.2) is 84.6 Å². The molecule has 1 amide bonds. The summed E-state index contributed by atoms with van der Waals surface area (Å²) in [7, 11) is 0. The van der Waals surface area contributed by atoms with E-state index in [4.69, 9.17) is 4.74 Å². The number of hydrogen-bond donors (Lipinski definition) is 2. The highest BCUT2D eigenvalue weighted by Crippen LogP contribution is 2.18. The van der Waals surface area contributed by atoms with E-state index in [1.165, 1.54) is 18.2 Å². The van der Waals surface area contributed by atoms with Gasteiger partial charge in [0.05, 0.1) is 4.92 Å². The number of nitrogens with one attached hydrogen (secondary N) is 1. The van der Waals surface area contributed by atoms with E-state index in [2.05, 4.69) is 5.32 Å². The summed E-state index contributed by atoms with van der Waals surface area (Å²) >= 11 is 0. The monoisotopic (exact) mass is 418 g/mol. The molecule has 0 fully saturated rings. The van der Waals surface area contributed by atoms with Crippen molar-refractivity contribution in [2.75, 3.05) is 0 Å². The topological polar surface area (TPSA) is 119 Å². The Balaban J connectivity index is 1.66. The van der Waals surface area contributed by atoms with Gasteiger partial charge in [0.15, 0.2) is 0 Å². The summed E-state index contributed by atoms with van der Waals surface area (Å²) in [5, 5.41) is 22.6. The van der Waals surface area contributed by atoms with Gasteiger partial charge in [-0.2, -0.15) is 0 Å². The lowest BCUT2D eigenvalue weighted by molar-refractivity contribution is -0.384. The standard InChI is InChI=1S/C23H18N2O6/c26-22(18-6-2-1-3-7-18)24-21(23(27)28)14-16-9-11-20(12-10-16)31-15-17-5-4-8-19(13-17)25(29)30/h1-14H,15H2,(H,24,26)(H,27,28). The zero-order valence-electron chi connectivity index (χ0n) is 16.2. The van der Waals surface area contributed by atoms with Gasteiger partial charge in [-0.1, -0.05) is 42.5 Å². The van der Waals surface area contributed by atoms with Gasteiger partial charge in [0.25, 0.3) is 11.6 Å². The maximum atomic E-state index is 12.2. The molecule has 3 aromatic carbocycles. The molecule has 0 atom stereocenters. The first kappa shape index (κ1) is 21.3. The van der Waals surface area contributed by atoms with Crippen molar-refractivity contribution in [2.45, 2.75) is 6.61 Å². The fourth-order valence-corrected chi connectivity index (χ4v) is 2.69. The third kappa shape index (κ3) is 6.01. The van der Waals surface area contributed by atoms with Gasteiger partial charge in [0.2, 0.25) is 0 Å².